The van der Waals surface area contributed by atoms with E-state index in [1.807, 2.05) is 6.92 Å². The van der Waals surface area contributed by atoms with Crippen molar-refractivity contribution in [2.24, 2.45) is 0 Å². The van der Waals surface area contributed by atoms with Gasteiger partial charge in [0.15, 0.2) is 0 Å². The van der Waals surface area contributed by atoms with Crippen molar-refractivity contribution in [3.05, 3.63) is 12.7 Å². The number of alkyl halides is 2. The molecule has 0 aliphatic heterocycles. The molecule has 0 aliphatic carbocycles. The standard InChI is InChI=1S/C3H7Cl.C3H5Cl/c2*1-2-3-4/h2-3H2,1H3;2H,1,3H2. The second-order valence-electron chi connectivity index (χ2n) is 1.13. The van der Waals surface area contributed by atoms with Crippen LogP contribution in [0.4, 0.5) is 0 Å². The van der Waals surface area contributed by atoms with E-state index in [1.165, 1.54) is 0 Å². The lowest BCUT2D eigenvalue weighted by atomic mass is 10.6. The van der Waals surface area contributed by atoms with Crippen LogP contribution in [0.15, 0.2) is 12.7 Å². The predicted molar refractivity (Wildman–Crippen MR) is 41.9 cm³/mol. The Hall–Kier alpha value is 0.320. The third kappa shape index (κ3) is 33.2. The summed E-state index contributed by atoms with van der Waals surface area (Å²) in [6.45, 7) is 5.40. The maximum absolute atomic E-state index is 5.19. The first-order valence-electron chi connectivity index (χ1n) is 2.56. The van der Waals surface area contributed by atoms with Crippen LogP contribution in [0.25, 0.3) is 0 Å². The largest absolute Gasteiger partial charge is 0.127 e. The van der Waals surface area contributed by atoms with E-state index in [1.54, 1.807) is 6.08 Å². The lowest BCUT2D eigenvalue weighted by molar-refractivity contribution is 1.10. The van der Waals surface area contributed by atoms with Crippen LogP contribution in [-0.2, 0) is 0 Å². The van der Waals surface area contributed by atoms with Crippen molar-refractivity contribution in [2.45, 2.75) is 13.3 Å². The minimum absolute atomic E-state index is 0.556. The van der Waals surface area contributed by atoms with Gasteiger partial charge < -0.3 is 0 Å². The van der Waals surface area contributed by atoms with Gasteiger partial charge in [-0.1, -0.05) is 13.0 Å². The van der Waals surface area contributed by atoms with Crippen LogP contribution in [-0.4, -0.2) is 11.8 Å². The quantitative estimate of drug-likeness (QED) is 0.424. The SMILES string of the molecule is C=CCCl.CCCCl. The molecule has 0 N–H and O–H groups in total. The molecule has 2 heteroatoms. The Morgan fingerprint density at radius 2 is 1.75 bits per heavy atom. The summed E-state index contributed by atoms with van der Waals surface area (Å²) in [4.78, 5) is 0. The van der Waals surface area contributed by atoms with Crippen LogP contribution in [0.3, 0.4) is 0 Å². The van der Waals surface area contributed by atoms with Gasteiger partial charge in [0.05, 0.1) is 0 Å². The smallest absolute Gasteiger partial charge is 0.0401 e. The molecule has 0 saturated heterocycles. The lowest BCUT2D eigenvalue weighted by Crippen LogP contribution is -1.55. The van der Waals surface area contributed by atoms with Crippen molar-refractivity contribution in [3.63, 3.8) is 0 Å². The van der Waals surface area contributed by atoms with Crippen LogP contribution in [0, 0.1) is 0 Å². The maximum Gasteiger partial charge on any atom is 0.0401 e. The molecular weight excluding hydrogens is 143 g/mol. The van der Waals surface area contributed by atoms with E-state index in [0.29, 0.717) is 5.88 Å². The van der Waals surface area contributed by atoms with Crippen LogP contribution in [0.2, 0.25) is 0 Å². The minimum Gasteiger partial charge on any atom is -0.127 e. The highest BCUT2D eigenvalue weighted by Crippen LogP contribution is 1.75. The molecule has 0 atom stereocenters. The van der Waals surface area contributed by atoms with E-state index < -0.39 is 0 Å². The van der Waals surface area contributed by atoms with Gasteiger partial charge in [0.2, 0.25) is 0 Å². The number of halogens is 2. The summed E-state index contributed by atoms with van der Waals surface area (Å²) in [6.07, 6.45) is 2.73. The van der Waals surface area contributed by atoms with Gasteiger partial charge in [-0.3, -0.25) is 0 Å². The Morgan fingerprint density at radius 3 is 1.75 bits per heavy atom. The zero-order valence-corrected chi connectivity index (χ0v) is 6.67. The van der Waals surface area contributed by atoms with Crippen molar-refractivity contribution in [1.82, 2.24) is 0 Å². The van der Waals surface area contributed by atoms with Gasteiger partial charge in [-0.25, -0.2) is 0 Å². The van der Waals surface area contributed by atoms with E-state index in [4.69, 9.17) is 23.2 Å². The zero-order chi connectivity index (χ0) is 6.83. The highest BCUT2D eigenvalue weighted by atomic mass is 35.5. The first-order valence-corrected chi connectivity index (χ1v) is 3.63. The molecule has 50 valence electrons. The molecule has 0 bridgehead atoms. The van der Waals surface area contributed by atoms with Gasteiger partial charge in [-0.15, -0.1) is 29.8 Å². The fraction of sp³-hybridized carbons (Fsp3) is 0.667. The van der Waals surface area contributed by atoms with E-state index in [9.17, 15) is 0 Å². The molecule has 0 aromatic heterocycles. The number of rotatable bonds is 2. The second kappa shape index (κ2) is 15.7. The first kappa shape index (κ1) is 11.2. The number of allylic oxidation sites excluding steroid dienone is 1. The summed E-state index contributed by atoms with van der Waals surface area (Å²) < 4.78 is 0. The summed E-state index contributed by atoms with van der Waals surface area (Å²) in [6, 6.07) is 0. The molecular formula is C6H12Cl2. The van der Waals surface area contributed by atoms with E-state index in [-0.39, 0.29) is 0 Å². The van der Waals surface area contributed by atoms with Crippen molar-refractivity contribution >= 4 is 23.2 Å². The Kier molecular flexibility index (Phi) is 21.9. The summed E-state index contributed by atoms with van der Waals surface area (Å²) in [5.41, 5.74) is 0. The average molecular weight is 155 g/mol. The van der Waals surface area contributed by atoms with E-state index in [0.717, 1.165) is 12.3 Å². The van der Waals surface area contributed by atoms with Gasteiger partial charge in [-0.05, 0) is 6.42 Å². The first-order chi connectivity index (χ1) is 3.83. The topological polar surface area (TPSA) is 0 Å². The number of hydrogen-bond donors (Lipinski definition) is 0. The van der Waals surface area contributed by atoms with Crippen LogP contribution in [0.5, 0.6) is 0 Å². The van der Waals surface area contributed by atoms with Crippen molar-refractivity contribution in [3.8, 4) is 0 Å². The predicted octanol–water partition coefficient (Wildman–Crippen LogP) is 3.05. The van der Waals surface area contributed by atoms with Crippen LogP contribution in [0.1, 0.15) is 13.3 Å². The highest BCUT2D eigenvalue weighted by Gasteiger charge is 1.59. The van der Waals surface area contributed by atoms with Gasteiger partial charge in [-0.2, -0.15) is 0 Å². The van der Waals surface area contributed by atoms with Gasteiger partial charge in [0.1, 0.15) is 0 Å². The Morgan fingerprint density at radius 1 is 1.50 bits per heavy atom. The fourth-order valence-corrected chi connectivity index (χ4v) is 0. The summed E-state index contributed by atoms with van der Waals surface area (Å²) in [5.74, 6) is 1.35. The minimum atomic E-state index is 0.556. The molecule has 0 spiro atoms. The molecule has 0 rings (SSSR count). The number of hydrogen-bond acceptors (Lipinski definition) is 0. The van der Waals surface area contributed by atoms with Crippen molar-refractivity contribution in [1.29, 1.82) is 0 Å². The Labute approximate surface area is 61.5 Å². The highest BCUT2D eigenvalue weighted by molar-refractivity contribution is 6.18. The molecule has 0 amide bonds. The normalized spacial score (nSPS) is 6.88. The molecule has 0 fully saturated rings. The molecule has 8 heavy (non-hydrogen) atoms. The molecule has 0 aliphatic rings. The van der Waals surface area contributed by atoms with E-state index >= 15 is 0 Å². The van der Waals surface area contributed by atoms with Gasteiger partial charge in [0, 0.05) is 11.8 Å². The third-order valence-electron chi connectivity index (χ3n) is 0.298. The van der Waals surface area contributed by atoms with Crippen LogP contribution < -0.4 is 0 Å². The molecule has 0 radical (unpaired) electrons. The van der Waals surface area contributed by atoms with Gasteiger partial charge in [0.25, 0.3) is 0 Å². The second-order valence-corrected chi connectivity index (χ2v) is 1.82. The maximum atomic E-state index is 5.19. The zero-order valence-electron chi connectivity index (χ0n) is 5.16. The van der Waals surface area contributed by atoms with Crippen LogP contribution >= 0.6 is 23.2 Å². The van der Waals surface area contributed by atoms with Crippen molar-refractivity contribution < 1.29 is 0 Å². The Bertz CT molecular complexity index is 33.5. The van der Waals surface area contributed by atoms with E-state index in [2.05, 4.69) is 6.58 Å². The molecule has 0 unspecified atom stereocenters. The molecule has 0 heterocycles. The summed E-state index contributed by atoms with van der Waals surface area (Å²) >= 11 is 10.3. The summed E-state index contributed by atoms with van der Waals surface area (Å²) in [7, 11) is 0. The monoisotopic (exact) mass is 154 g/mol. The van der Waals surface area contributed by atoms with Gasteiger partial charge >= 0.3 is 0 Å². The molecule has 0 aromatic rings. The fourth-order valence-electron chi connectivity index (χ4n) is 0. The molecule has 0 saturated carbocycles. The third-order valence-corrected chi connectivity index (χ3v) is 0.894. The Balaban J connectivity index is 0. The lowest BCUT2D eigenvalue weighted by Gasteiger charge is -1.65. The molecule has 0 aromatic carbocycles. The molecule has 0 nitrogen and oxygen atoms in total. The average Bonchev–Trinajstić information content (AvgIpc) is 1.88. The van der Waals surface area contributed by atoms with Crippen molar-refractivity contribution in [2.75, 3.05) is 11.8 Å². The summed E-state index contributed by atoms with van der Waals surface area (Å²) in [5, 5.41) is 0.